The summed E-state index contributed by atoms with van der Waals surface area (Å²) in [4.78, 5) is 16.4. The average molecular weight is 254 g/mol. The zero-order valence-corrected chi connectivity index (χ0v) is 10.7. The fourth-order valence-corrected chi connectivity index (χ4v) is 1.93. The molecule has 17 heavy (non-hydrogen) atoms. The van der Waals surface area contributed by atoms with Gasteiger partial charge in [0.2, 0.25) is 5.91 Å². The van der Waals surface area contributed by atoms with Gasteiger partial charge in [0.05, 0.1) is 11.9 Å². The van der Waals surface area contributed by atoms with Gasteiger partial charge in [-0.25, -0.2) is 0 Å². The lowest BCUT2D eigenvalue weighted by Gasteiger charge is -2.08. The van der Waals surface area contributed by atoms with Crippen LogP contribution in [0.1, 0.15) is 19.8 Å². The number of nitrogens with zero attached hydrogens (tertiary/aromatic N) is 1. The van der Waals surface area contributed by atoms with Crippen molar-refractivity contribution < 1.29 is 9.90 Å². The number of amides is 1. The summed E-state index contributed by atoms with van der Waals surface area (Å²) in [5.74, 6) is 0.391. The molecule has 0 aliphatic rings. The molecule has 1 aromatic rings. The smallest absolute Gasteiger partial charge is 0.230 e. The van der Waals surface area contributed by atoms with Crippen LogP contribution in [-0.2, 0) is 4.79 Å². The third-order valence-corrected chi connectivity index (χ3v) is 3.30. The van der Waals surface area contributed by atoms with Crippen LogP contribution in [0.15, 0.2) is 29.4 Å². The highest BCUT2D eigenvalue weighted by Crippen LogP contribution is 2.15. The number of aromatic nitrogens is 1. The van der Waals surface area contributed by atoms with E-state index in [4.69, 9.17) is 0 Å². The van der Waals surface area contributed by atoms with Crippen molar-refractivity contribution in [3.05, 3.63) is 24.5 Å². The Balaban J connectivity index is 2.13. The molecule has 0 bridgehead atoms. The Morgan fingerprint density at radius 1 is 1.53 bits per heavy atom. The minimum absolute atomic E-state index is 0.00452. The van der Waals surface area contributed by atoms with Gasteiger partial charge in [-0.3, -0.25) is 9.78 Å². The molecule has 4 nitrogen and oxygen atoms in total. The number of aliphatic hydroxyl groups excluding tert-OH is 1. The highest BCUT2D eigenvalue weighted by atomic mass is 32.2. The lowest BCUT2D eigenvalue weighted by atomic mass is 10.2. The van der Waals surface area contributed by atoms with Crippen molar-refractivity contribution in [3.8, 4) is 0 Å². The summed E-state index contributed by atoms with van der Waals surface area (Å²) in [7, 11) is 0. The number of hydrogen-bond donors (Lipinski definition) is 2. The number of carbonyl (C=O) groups excluding carboxylic acids is 1. The fourth-order valence-electron chi connectivity index (χ4n) is 1.22. The molecule has 1 unspecified atom stereocenters. The van der Waals surface area contributed by atoms with Crippen LogP contribution in [0, 0.1) is 0 Å². The lowest BCUT2D eigenvalue weighted by molar-refractivity contribution is -0.118. The summed E-state index contributed by atoms with van der Waals surface area (Å²) in [5.41, 5.74) is 0. The van der Waals surface area contributed by atoms with Crippen LogP contribution in [-0.4, -0.2) is 34.4 Å². The van der Waals surface area contributed by atoms with Crippen LogP contribution in [0.5, 0.6) is 0 Å². The molecule has 0 aliphatic carbocycles. The molecule has 0 saturated heterocycles. The van der Waals surface area contributed by atoms with E-state index in [0.29, 0.717) is 18.7 Å². The number of carbonyl (C=O) groups is 1. The Bertz CT molecular complexity index is 333. The van der Waals surface area contributed by atoms with E-state index in [1.807, 2.05) is 19.1 Å². The van der Waals surface area contributed by atoms with E-state index in [1.54, 1.807) is 12.4 Å². The Morgan fingerprint density at radius 3 is 2.88 bits per heavy atom. The number of hydrogen-bond acceptors (Lipinski definition) is 4. The molecule has 0 radical (unpaired) electrons. The van der Waals surface area contributed by atoms with Crippen LogP contribution in [0.4, 0.5) is 0 Å². The Hall–Kier alpha value is -1.07. The summed E-state index contributed by atoms with van der Waals surface area (Å²) in [5, 5.41) is 12.1. The van der Waals surface area contributed by atoms with Gasteiger partial charge in [0.25, 0.3) is 0 Å². The fraction of sp³-hybridized carbons (Fsp3) is 0.500. The van der Waals surface area contributed by atoms with E-state index in [0.717, 1.165) is 11.3 Å². The van der Waals surface area contributed by atoms with Crippen LogP contribution in [0.25, 0.3) is 0 Å². The van der Waals surface area contributed by atoms with E-state index >= 15 is 0 Å². The quantitative estimate of drug-likeness (QED) is 0.723. The van der Waals surface area contributed by atoms with Crippen LogP contribution in [0.3, 0.4) is 0 Å². The second-order valence-corrected chi connectivity index (χ2v) is 4.72. The molecule has 1 rings (SSSR count). The molecule has 0 aromatic carbocycles. The average Bonchev–Trinajstić information content (AvgIpc) is 2.37. The first-order chi connectivity index (χ1) is 8.22. The number of nitrogens with one attached hydrogen (secondary N) is 1. The predicted molar refractivity (Wildman–Crippen MR) is 68.9 cm³/mol. The largest absolute Gasteiger partial charge is 0.393 e. The van der Waals surface area contributed by atoms with E-state index in [-0.39, 0.29) is 12.0 Å². The SMILES string of the molecule is CCC(O)CCNC(=O)CSc1ccncc1. The minimum Gasteiger partial charge on any atom is -0.393 e. The summed E-state index contributed by atoms with van der Waals surface area (Å²) in [6, 6.07) is 3.75. The van der Waals surface area contributed by atoms with Crippen molar-refractivity contribution >= 4 is 17.7 Å². The second kappa shape index (κ2) is 8.08. The van der Waals surface area contributed by atoms with E-state index < -0.39 is 0 Å². The van der Waals surface area contributed by atoms with Crippen LogP contribution < -0.4 is 5.32 Å². The van der Waals surface area contributed by atoms with Gasteiger partial charge in [0.1, 0.15) is 0 Å². The van der Waals surface area contributed by atoms with Gasteiger partial charge in [-0.15, -0.1) is 11.8 Å². The summed E-state index contributed by atoms with van der Waals surface area (Å²) in [6.45, 7) is 2.45. The number of thioether (sulfide) groups is 1. The molecule has 0 saturated carbocycles. The molecule has 1 atom stereocenters. The molecule has 1 heterocycles. The van der Waals surface area contributed by atoms with Crippen molar-refractivity contribution in [2.24, 2.45) is 0 Å². The molecule has 1 amide bonds. The molecule has 0 aliphatic heterocycles. The zero-order valence-electron chi connectivity index (χ0n) is 9.93. The third kappa shape index (κ3) is 6.28. The van der Waals surface area contributed by atoms with Crippen molar-refractivity contribution in [3.63, 3.8) is 0 Å². The number of pyridine rings is 1. The maximum atomic E-state index is 11.5. The van der Waals surface area contributed by atoms with E-state index in [2.05, 4.69) is 10.3 Å². The van der Waals surface area contributed by atoms with Crippen LogP contribution in [0.2, 0.25) is 0 Å². The molecule has 5 heteroatoms. The summed E-state index contributed by atoms with van der Waals surface area (Å²) in [6.07, 6.45) is 4.43. The number of rotatable bonds is 7. The molecule has 94 valence electrons. The lowest BCUT2D eigenvalue weighted by Crippen LogP contribution is -2.28. The first-order valence-electron chi connectivity index (χ1n) is 5.70. The maximum absolute atomic E-state index is 11.5. The minimum atomic E-state index is -0.317. The van der Waals surface area contributed by atoms with Gasteiger partial charge in [0, 0.05) is 23.8 Å². The maximum Gasteiger partial charge on any atom is 0.230 e. The molecule has 0 fully saturated rings. The summed E-state index contributed by atoms with van der Waals surface area (Å²) < 4.78 is 0. The standard InChI is InChI=1S/C12H18N2O2S/c1-2-10(15)3-8-14-12(16)9-17-11-4-6-13-7-5-11/h4-7,10,15H,2-3,8-9H2,1H3,(H,14,16). The van der Waals surface area contributed by atoms with Crippen LogP contribution >= 0.6 is 11.8 Å². The highest BCUT2D eigenvalue weighted by Gasteiger charge is 2.04. The Labute approximate surface area is 106 Å². The zero-order chi connectivity index (χ0) is 12.5. The van der Waals surface area contributed by atoms with Crippen molar-refractivity contribution in [1.29, 1.82) is 0 Å². The van der Waals surface area contributed by atoms with Gasteiger partial charge in [-0.1, -0.05) is 6.92 Å². The Morgan fingerprint density at radius 2 is 2.24 bits per heavy atom. The first kappa shape index (κ1) is 14.0. The van der Waals surface area contributed by atoms with Crippen molar-refractivity contribution in [2.45, 2.75) is 30.8 Å². The number of aliphatic hydroxyl groups is 1. The van der Waals surface area contributed by atoms with Gasteiger partial charge in [-0.05, 0) is 25.0 Å². The van der Waals surface area contributed by atoms with Crippen molar-refractivity contribution in [1.82, 2.24) is 10.3 Å². The van der Waals surface area contributed by atoms with E-state index in [1.165, 1.54) is 11.8 Å². The molecular weight excluding hydrogens is 236 g/mol. The molecule has 2 N–H and O–H groups in total. The van der Waals surface area contributed by atoms with Gasteiger partial charge < -0.3 is 10.4 Å². The second-order valence-electron chi connectivity index (χ2n) is 3.67. The predicted octanol–water partition coefficient (Wildman–Crippen LogP) is 1.45. The van der Waals surface area contributed by atoms with Crippen molar-refractivity contribution in [2.75, 3.05) is 12.3 Å². The van der Waals surface area contributed by atoms with E-state index in [9.17, 15) is 9.90 Å². The molecular formula is C12H18N2O2S. The first-order valence-corrected chi connectivity index (χ1v) is 6.68. The monoisotopic (exact) mass is 254 g/mol. The molecule has 0 spiro atoms. The van der Waals surface area contributed by atoms with Gasteiger partial charge in [0.15, 0.2) is 0 Å². The summed E-state index contributed by atoms with van der Waals surface area (Å²) >= 11 is 1.48. The topological polar surface area (TPSA) is 62.2 Å². The highest BCUT2D eigenvalue weighted by molar-refractivity contribution is 8.00. The van der Waals surface area contributed by atoms with Gasteiger partial charge in [-0.2, -0.15) is 0 Å². The normalized spacial score (nSPS) is 12.1. The third-order valence-electron chi connectivity index (χ3n) is 2.29. The molecule has 1 aromatic heterocycles. The Kier molecular flexibility index (Phi) is 6.65. The van der Waals surface area contributed by atoms with Gasteiger partial charge >= 0.3 is 0 Å².